The molecule has 5 aliphatic carbocycles. The second-order valence-electron chi connectivity index (χ2n) is 9.88. The first-order valence-electron chi connectivity index (χ1n) is 9.31. The average Bonchev–Trinajstić information content (AvgIpc) is 2.95. The Bertz CT molecular complexity index is 566. The minimum absolute atomic E-state index is 0.0750. The van der Waals surface area contributed by atoms with Gasteiger partial charge in [0.2, 0.25) is 0 Å². The average molecular weight is 286 g/mol. The summed E-state index contributed by atoms with van der Waals surface area (Å²) in [6.07, 6.45) is 10.5. The Morgan fingerprint density at radius 3 is 3.00 bits per heavy atom. The van der Waals surface area contributed by atoms with Crippen LogP contribution >= 0.6 is 0 Å². The summed E-state index contributed by atoms with van der Waals surface area (Å²) >= 11 is 0. The molecule has 2 heterocycles. The number of hydrogen-bond donors (Lipinski definition) is 2. The third-order valence-corrected chi connectivity index (χ3v) is 9.38. The van der Waals surface area contributed by atoms with Gasteiger partial charge in [0.15, 0.2) is 0 Å². The predicted octanol–water partition coefficient (Wildman–Crippen LogP) is 2.02. The zero-order valence-corrected chi connectivity index (χ0v) is 13.0. The molecule has 9 unspecified atom stereocenters. The second-order valence-corrected chi connectivity index (χ2v) is 9.88. The minimum atomic E-state index is 0.0750. The van der Waals surface area contributed by atoms with Crippen molar-refractivity contribution in [3.8, 4) is 0 Å². The van der Waals surface area contributed by atoms with E-state index in [1.807, 2.05) is 0 Å². The first-order valence-corrected chi connectivity index (χ1v) is 9.31. The van der Waals surface area contributed by atoms with E-state index in [-0.39, 0.29) is 5.60 Å². The van der Waals surface area contributed by atoms with Crippen molar-refractivity contribution in [1.82, 2.24) is 10.6 Å². The number of hydrogen-bond acceptors (Lipinski definition) is 3. The molecule has 114 valence electrons. The highest BCUT2D eigenvalue weighted by Gasteiger charge is 2.97. The fraction of sp³-hybridized carbons (Fsp3) is 1.00. The van der Waals surface area contributed by atoms with Gasteiger partial charge in [-0.3, -0.25) is 5.32 Å². The van der Waals surface area contributed by atoms with Crippen LogP contribution in [0.3, 0.4) is 0 Å². The summed E-state index contributed by atoms with van der Waals surface area (Å²) in [4.78, 5) is 0. The number of ether oxygens (including phenoxy) is 1. The molecule has 3 nitrogen and oxygen atoms in total. The Labute approximate surface area is 126 Å². The predicted molar refractivity (Wildman–Crippen MR) is 78.6 cm³/mol. The third kappa shape index (κ3) is 0.948. The van der Waals surface area contributed by atoms with Crippen LogP contribution in [0.1, 0.15) is 51.9 Å². The number of epoxide rings is 1. The van der Waals surface area contributed by atoms with Gasteiger partial charge in [-0.2, -0.15) is 0 Å². The van der Waals surface area contributed by atoms with E-state index in [0.717, 1.165) is 22.7 Å². The summed E-state index contributed by atoms with van der Waals surface area (Å²) in [7, 11) is 0. The van der Waals surface area contributed by atoms with Crippen molar-refractivity contribution in [1.29, 1.82) is 0 Å². The maximum Gasteiger partial charge on any atom is 0.140 e. The van der Waals surface area contributed by atoms with Crippen LogP contribution < -0.4 is 10.6 Å². The molecule has 7 aliphatic rings. The van der Waals surface area contributed by atoms with Gasteiger partial charge in [-0.25, -0.2) is 0 Å². The maximum absolute atomic E-state index is 6.21. The smallest absolute Gasteiger partial charge is 0.140 e. The molecule has 21 heavy (non-hydrogen) atoms. The zero-order valence-electron chi connectivity index (χ0n) is 13.0. The molecule has 2 aliphatic heterocycles. The molecule has 7 rings (SSSR count). The van der Waals surface area contributed by atoms with Crippen molar-refractivity contribution in [2.24, 2.45) is 28.6 Å². The van der Waals surface area contributed by atoms with Gasteiger partial charge in [0.05, 0.1) is 0 Å². The Hall–Kier alpha value is -0.120. The van der Waals surface area contributed by atoms with Crippen molar-refractivity contribution >= 4 is 0 Å². The normalized spacial score (nSPS) is 74.4. The van der Waals surface area contributed by atoms with E-state index in [1.54, 1.807) is 12.8 Å². The van der Waals surface area contributed by atoms with Crippen LogP contribution in [0.2, 0.25) is 0 Å². The van der Waals surface area contributed by atoms with E-state index >= 15 is 0 Å². The van der Waals surface area contributed by atoms with Crippen LogP contribution in [0.15, 0.2) is 0 Å². The molecule has 5 saturated carbocycles. The van der Waals surface area contributed by atoms with Crippen LogP contribution in [-0.2, 0) is 4.74 Å². The summed E-state index contributed by atoms with van der Waals surface area (Å²) in [5, 5.41) is 7.72. The molecule has 0 aromatic heterocycles. The van der Waals surface area contributed by atoms with E-state index < -0.39 is 0 Å². The molecule has 2 saturated heterocycles. The molecule has 9 atom stereocenters. The van der Waals surface area contributed by atoms with E-state index in [0.29, 0.717) is 17.8 Å². The second kappa shape index (κ2) is 2.85. The Morgan fingerprint density at radius 2 is 2.14 bits per heavy atom. The molecule has 0 radical (unpaired) electrons. The molecular formula is C18H26N2O. The number of rotatable bonds is 3. The van der Waals surface area contributed by atoms with Crippen LogP contribution in [0, 0.1) is 28.6 Å². The lowest BCUT2D eigenvalue weighted by molar-refractivity contribution is 0.0479. The Balaban J connectivity index is 1.16. The highest BCUT2D eigenvalue weighted by molar-refractivity contribution is 5.46. The fourth-order valence-corrected chi connectivity index (χ4v) is 8.81. The summed E-state index contributed by atoms with van der Waals surface area (Å²) in [5.74, 6) is 3.33. The number of fused-ring (bicyclic) bond motifs is 1. The van der Waals surface area contributed by atoms with Gasteiger partial charge in [0.1, 0.15) is 11.8 Å². The lowest BCUT2D eigenvalue weighted by atomic mass is 9.61. The number of nitrogens with one attached hydrogen (secondary N) is 2. The molecule has 2 spiro atoms. The maximum atomic E-state index is 6.21. The Kier molecular flexibility index (Phi) is 1.55. The molecule has 0 amide bonds. The van der Waals surface area contributed by atoms with Gasteiger partial charge < -0.3 is 10.1 Å². The lowest BCUT2D eigenvalue weighted by Crippen LogP contribution is -2.52. The highest BCUT2D eigenvalue weighted by atomic mass is 16.6. The largest absolute Gasteiger partial charge is 0.348 e. The molecule has 2 N–H and O–H groups in total. The molecular weight excluding hydrogens is 260 g/mol. The van der Waals surface area contributed by atoms with Gasteiger partial charge in [-0.1, -0.05) is 0 Å². The van der Waals surface area contributed by atoms with Crippen LogP contribution in [-0.4, -0.2) is 30.0 Å². The molecule has 7 fully saturated rings. The van der Waals surface area contributed by atoms with E-state index in [4.69, 9.17) is 4.74 Å². The first-order chi connectivity index (χ1) is 10.1. The standard InChI is InChI=1S/C18H26N2O/c1-15(12-3-2-4-19-12)14(21-15)20-16-5-10-6-17-8-11(7-16)18(17,9-16)13(10)17/h10-14,19-20H,2-9H2,1H3. The quantitative estimate of drug-likeness (QED) is 0.779. The van der Waals surface area contributed by atoms with Crippen molar-refractivity contribution < 1.29 is 4.74 Å². The van der Waals surface area contributed by atoms with Crippen LogP contribution in [0.25, 0.3) is 0 Å². The Morgan fingerprint density at radius 1 is 1.19 bits per heavy atom. The molecule has 2 bridgehead atoms. The van der Waals surface area contributed by atoms with Gasteiger partial charge >= 0.3 is 0 Å². The van der Waals surface area contributed by atoms with Gasteiger partial charge in [0.25, 0.3) is 0 Å². The van der Waals surface area contributed by atoms with E-state index in [9.17, 15) is 0 Å². The van der Waals surface area contributed by atoms with Crippen LogP contribution in [0.4, 0.5) is 0 Å². The van der Waals surface area contributed by atoms with Crippen molar-refractivity contribution in [3.05, 3.63) is 0 Å². The first kappa shape index (κ1) is 11.4. The lowest BCUT2D eigenvalue weighted by Gasteiger charge is -2.46. The van der Waals surface area contributed by atoms with Crippen molar-refractivity contribution in [3.63, 3.8) is 0 Å². The van der Waals surface area contributed by atoms with Gasteiger partial charge in [0, 0.05) is 11.6 Å². The third-order valence-electron chi connectivity index (χ3n) is 9.38. The van der Waals surface area contributed by atoms with Crippen molar-refractivity contribution in [2.75, 3.05) is 6.54 Å². The van der Waals surface area contributed by atoms with Gasteiger partial charge in [-0.15, -0.1) is 0 Å². The molecule has 0 aromatic carbocycles. The molecule has 0 aromatic rings. The zero-order chi connectivity index (χ0) is 13.7. The summed E-state index contributed by atoms with van der Waals surface area (Å²) in [6.45, 7) is 3.51. The van der Waals surface area contributed by atoms with E-state index in [2.05, 4.69) is 17.6 Å². The van der Waals surface area contributed by atoms with Gasteiger partial charge in [-0.05, 0) is 87.0 Å². The topological polar surface area (TPSA) is 36.6 Å². The summed E-state index contributed by atoms with van der Waals surface area (Å²) in [6, 6.07) is 0.583. The van der Waals surface area contributed by atoms with E-state index in [1.165, 1.54) is 44.6 Å². The SMILES string of the molecule is CC1(C2CCCN2)OC1NC12CC3CC45CC(C1)C4(C2)C35. The summed E-state index contributed by atoms with van der Waals surface area (Å²) in [5.41, 5.74) is 2.27. The minimum Gasteiger partial charge on any atom is -0.348 e. The summed E-state index contributed by atoms with van der Waals surface area (Å²) < 4.78 is 6.21. The fourth-order valence-electron chi connectivity index (χ4n) is 8.81. The molecule has 3 heteroatoms. The monoisotopic (exact) mass is 286 g/mol. The van der Waals surface area contributed by atoms with Crippen molar-refractivity contribution in [2.45, 2.75) is 75.3 Å². The highest BCUT2D eigenvalue weighted by Crippen LogP contribution is 3.01. The van der Waals surface area contributed by atoms with Crippen LogP contribution in [0.5, 0.6) is 0 Å².